The Morgan fingerprint density at radius 2 is 2.20 bits per heavy atom. The third-order valence-electron chi connectivity index (χ3n) is 3.65. The van der Waals surface area contributed by atoms with E-state index in [9.17, 15) is 0 Å². The van der Waals surface area contributed by atoms with Gasteiger partial charge in [-0.3, -0.25) is 0 Å². The van der Waals surface area contributed by atoms with Gasteiger partial charge >= 0.3 is 0 Å². The van der Waals surface area contributed by atoms with Crippen LogP contribution in [-0.4, -0.2) is 23.7 Å². The molecule has 1 saturated heterocycles. The van der Waals surface area contributed by atoms with Crippen molar-refractivity contribution in [2.45, 2.75) is 37.8 Å². The number of hydrogen-bond acceptors (Lipinski definition) is 4. The van der Waals surface area contributed by atoms with Crippen LogP contribution in [0.3, 0.4) is 0 Å². The zero-order valence-electron chi connectivity index (χ0n) is 11.5. The second-order valence-corrected chi connectivity index (χ2v) is 6.27. The topological polar surface area (TPSA) is 48.1 Å². The van der Waals surface area contributed by atoms with Gasteiger partial charge in [0.1, 0.15) is 0 Å². The quantitative estimate of drug-likeness (QED) is 0.918. The van der Waals surface area contributed by atoms with Crippen LogP contribution in [0.1, 0.15) is 24.3 Å². The highest BCUT2D eigenvalue weighted by Gasteiger charge is 2.19. The predicted molar refractivity (Wildman–Crippen MR) is 82.8 cm³/mol. The average Bonchev–Trinajstić information content (AvgIpc) is 3.11. The first-order valence-corrected chi connectivity index (χ1v) is 8.06. The van der Waals surface area contributed by atoms with Gasteiger partial charge in [0.15, 0.2) is 0 Å². The summed E-state index contributed by atoms with van der Waals surface area (Å²) in [5, 5.41) is 3.23. The summed E-state index contributed by atoms with van der Waals surface area (Å²) in [6.07, 6.45) is 4.48. The molecule has 0 bridgehead atoms. The molecule has 2 heterocycles. The van der Waals surface area contributed by atoms with Crippen molar-refractivity contribution >= 4 is 11.3 Å². The molecule has 4 heteroatoms. The van der Waals surface area contributed by atoms with Crippen molar-refractivity contribution in [1.82, 2.24) is 4.98 Å². The van der Waals surface area contributed by atoms with E-state index in [2.05, 4.69) is 17.5 Å². The third-order valence-corrected chi connectivity index (χ3v) is 4.52. The van der Waals surface area contributed by atoms with Crippen LogP contribution in [0.15, 0.2) is 35.7 Å². The molecule has 0 aliphatic carbocycles. The Balaban J connectivity index is 1.59. The maximum atomic E-state index is 6.22. The molecule has 106 valence electrons. The molecule has 2 unspecified atom stereocenters. The summed E-state index contributed by atoms with van der Waals surface area (Å²) >= 11 is 1.70. The van der Waals surface area contributed by atoms with E-state index >= 15 is 0 Å². The second-order valence-electron chi connectivity index (χ2n) is 5.33. The van der Waals surface area contributed by atoms with Gasteiger partial charge in [-0.25, -0.2) is 4.98 Å². The van der Waals surface area contributed by atoms with E-state index in [0.29, 0.717) is 6.10 Å². The van der Waals surface area contributed by atoms with Gasteiger partial charge in [0.05, 0.1) is 16.8 Å². The lowest BCUT2D eigenvalue weighted by atomic mass is 10.1. The van der Waals surface area contributed by atoms with Gasteiger partial charge in [-0.15, -0.1) is 11.3 Å². The molecule has 2 N–H and O–H groups in total. The first-order chi connectivity index (χ1) is 9.81. The van der Waals surface area contributed by atoms with E-state index in [1.54, 1.807) is 11.3 Å². The molecular formula is C16H20N2OS. The SMILES string of the molecule is NC(Cc1nc(-c2ccccc2)cs1)CC1CCCO1. The fraction of sp³-hybridized carbons (Fsp3) is 0.438. The summed E-state index contributed by atoms with van der Waals surface area (Å²) in [7, 11) is 0. The van der Waals surface area contributed by atoms with E-state index < -0.39 is 0 Å². The molecule has 2 aromatic rings. The molecule has 1 aliphatic heterocycles. The minimum absolute atomic E-state index is 0.146. The Kier molecular flexibility index (Phi) is 4.45. The maximum Gasteiger partial charge on any atom is 0.0948 e. The predicted octanol–water partition coefficient (Wildman–Crippen LogP) is 3.25. The number of nitrogens with zero attached hydrogens (tertiary/aromatic N) is 1. The highest BCUT2D eigenvalue weighted by molar-refractivity contribution is 7.09. The van der Waals surface area contributed by atoms with Crippen LogP contribution in [0.4, 0.5) is 0 Å². The Labute approximate surface area is 123 Å². The lowest BCUT2D eigenvalue weighted by Crippen LogP contribution is -2.28. The van der Waals surface area contributed by atoms with Crippen LogP contribution in [-0.2, 0) is 11.2 Å². The van der Waals surface area contributed by atoms with E-state index in [1.165, 1.54) is 12.0 Å². The molecule has 20 heavy (non-hydrogen) atoms. The number of nitrogens with two attached hydrogens (primary N) is 1. The van der Waals surface area contributed by atoms with Crippen molar-refractivity contribution in [1.29, 1.82) is 0 Å². The first-order valence-electron chi connectivity index (χ1n) is 7.18. The van der Waals surface area contributed by atoms with E-state index in [4.69, 9.17) is 15.5 Å². The van der Waals surface area contributed by atoms with Gasteiger partial charge in [-0.05, 0) is 19.3 Å². The summed E-state index contributed by atoms with van der Waals surface area (Å²) < 4.78 is 5.64. The molecule has 1 aliphatic rings. The summed E-state index contributed by atoms with van der Waals surface area (Å²) in [6, 6.07) is 10.4. The number of thiazole rings is 1. The summed E-state index contributed by atoms with van der Waals surface area (Å²) in [4.78, 5) is 4.69. The average molecular weight is 288 g/mol. The van der Waals surface area contributed by atoms with Crippen LogP contribution in [0, 0.1) is 0 Å². The molecule has 1 aromatic carbocycles. The number of aromatic nitrogens is 1. The number of hydrogen-bond donors (Lipinski definition) is 1. The zero-order chi connectivity index (χ0) is 13.8. The fourth-order valence-electron chi connectivity index (χ4n) is 2.62. The van der Waals surface area contributed by atoms with Gasteiger partial charge in [0.2, 0.25) is 0 Å². The molecule has 2 atom stereocenters. The zero-order valence-corrected chi connectivity index (χ0v) is 12.3. The van der Waals surface area contributed by atoms with Crippen LogP contribution in [0.25, 0.3) is 11.3 Å². The monoisotopic (exact) mass is 288 g/mol. The Morgan fingerprint density at radius 3 is 2.95 bits per heavy atom. The molecule has 0 saturated carbocycles. The third kappa shape index (κ3) is 3.45. The second kappa shape index (κ2) is 6.48. The normalized spacial score (nSPS) is 20.1. The van der Waals surface area contributed by atoms with Crippen LogP contribution >= 0.6 is 11.3 Å². The first kappa shape index (κ1) is 13.7. The van der Waals surface area contributed by atoms with E-state index in [0.717, 1.165) is 36.6 Å². The van der Waals surface area contributed by atoms with Crippen molar-refractivity contribution < 1.29 is 4.74 Å². The Hall–Kier alpha value is -1.23. The van der Waals surface area contributed by atoms with Crippen LogP contribution in [0.2, 0.25) is 0 Å². The maximum absolute atomic E-state index is 6.22. The van der Waals surface area contributed by atoms with Gasteiger partial charge in [-0.1, -0.05) is 30.3 Å². The Morgan fingerprint density at radius 1 is 1.35 bits per heavy atom. The standard InChI is InChI=1S/C16H20N2OS/c17-13(9-14-7-4-8-19-14)10-16-18-15(11-20-16)12-5-2-1-3-6-12/h1-3,5-6,11,13-14H,4,7-10,17H2. The summed E-state index contributed by atoms with van der Waals surface area (Å²) in [5.74, 6) is 0. The molecule has 1 fully saturated rings. The largest absolute Gasteiger partial charge is 0.378 e. The summed E-state index contributed by atoms with van der Waals surface area (Å²) in [6.45, 7) is 0.896. The van der Waals surface area contributed by atoms with Crippen molar-refractivity contribution in [3.8, 4) is 11.3 Å². The molecular weight excluding hydrogens is 268 g/mol. The fourth-order valence-corrected chi connectivity index (χ4v) is 3.52. The van der Waals surface area contributed by atoms with Gasteiger partial charge in [0, 0.05) is 30.0 Å². The van der Waals surface area contributed by atoms with E-state index in [1.807, 2.05) is 18.2 Å². The highest BCUT2D eigenvalue weighted by Crippen LogP contribution is 2.23. The van der Waals surface area contributed by atoms with Crippen molar-refractivity contribution in [3.05, 3.63) is 40.7 Å². The molecule has 1 aromatic heterocycles. The van der Waals surface area contributed by atoms with Gasteiger partial charge < -0.3 is 10.5 Å². The highest BCUT2D eigenvalue weighted by atomic mass is 32.1. The summed E-state index contributed by atoms with van der Waals surface area (Å²) in [5.41, 5.74) is 8.44. The minimum atomic E-state index is 0.146. The van der Waals surface area contributed by atoms with Crippen molar-refractivity contribution in [3.63, 3.8) is 0 Å². The number of benzene rings is 1. The van der Waals surface area contributed by atoms with Gasteiger partial charge in [0.25, 0.3) is 0 Å². The molecule has 0 spiro atoms. The molecule has 3 nitrogen and oxygen atoms in total. The lowest BCUT2D eigenvalue weighted by Gasteiger charge is -2.14. The van der Waals surface area contributed by atoms with Crippen LogP contribution in [0.5, 0.6) is 0 Å². The van der Waals surface area contributed by atoms with Gasteiger partial charge in [-0.2, -0.15) is 0 Å². The number of ether oxygens (including phenoxy) is 1. The van der Waals surface area contributed by atoms with Crippen LogP contribution < -0.4 is 5.73 Å². The Bertz CT molecular complexity index is 534. The van der Waals surface area contributed by atoms with E-state index in [-0.39, 0.29) is 6.04 Å². The lowest BCUT2D eigenvalue weighted by molar-refractivity contribution is 0.0983. The molecule has 0 radical (unpaired) electrons. The smallest absolute Gasteiger partial charge is 0.0948 e. The molecule has 3 rings (SSSR count). The van der Waals surface area contributed by atoms with Crippen molar-refractivity contribution in [2.75, 3.05) is 6.61 Å². The molecule has 0 amide bonds. The number of rotatable bonds is 5. The van der Waals surface area contributed by atoms with Crippen molar-refractivity contribution in [2.24, 2.45) is 5.73 Å². The minimum Gasteiger partial charge on any atom is -0.378 e.